The van der Waals surface area contributed by atoms with Crippen LogP contribution in [-0.4, -0.2) is 9.55 Å². The molecule has 2 aromatic heterocycles. The van der Waals surface area contributed by atoms with E-state index in [1.165, 1.54) is 16.7 Å². The normalized spacial score (nSPS) is 11.4. The van der Waals surface area contributed by atoms with Crippen molar-refractivity contribution in [1.82, 2.24) is 9.55 Å². The van der Waals surface area contributed by atoms with E-state index in [0.717, 1.165) is 22.5 Å². The molecule has 26 heavy (non-hydrogen) atoms. The zero-order valence-electron chi connectivity index (χ0n) is 15.8. The standard InChI is InChI=1S/C23H24N3/c1-16(2)25-15-26(19-11-6-5-7-12-19)23-21(25)14-13-20(24-23)22-17(3)9-8-10-18(22)4/h5-16H,1-4H3/q+1. The molecule has 0 N–H and O–H groups in total. The first-order valence-corrected chi connectivity index (χ1v) is 9.11. The van der Waals surface area contributed by atoms with Gasteiger partial charge < -0.3 is 0 Å². The van der Waals surface area contributed by atoms with E-state index in [-0.39, 0.29) is 0 Å². The molecule has 0 amide bonds. The van der Waals surface area contributed by atoms with Gasteiger partial charge in [-0.25, -0.2) is 9.55 Å². The number of hydrogen-bond acceptors (Lipinski definition) is 1. The van der Waals surface area contributed by atoms with Gasteiger partial charge >= 0.3 is 0 Å². The van der Waals surface area contributed by atoms with E-state index < -0.39 is 0 Å². The predicted octanol–water partition coefficient (Wildman–Crippen LogP) is 5.18. The van der Waals surface area contributed by atoms with Gasteiger partial charge in [0.25, 0.3) is 12.0 Å². The highest BCUT2D eigenvalue weighted by Crippen LogP contribution is 2.27. The molecule has 0 bridgehead atoms. The monoisotopic (exact) mass is 342 g/mol. The Morgan fingerprint density at radius 2 is 1.54 bits per heavy atom. The van der Waals surface area contributed by atoms with Crippen LogP contribution in [0.5, 0.6) is 0 Å². The van der Waals surface area contributed by atoms with Crippen LogP contribution in [0.3, 0.4) is 0 Å². The highest BCUT2D eigenvalue weighted by atomic mass is 15.2. The van der Waals surface area contributed by atoms with Crippen LogP contribution in [0.2, 0.25) is 0 Å². The van der Waals surface area contributed by atoms with Crippen LogP contribution >= 0.6 is 0 Å². The summed E-state index contributed by atoms with van der Waals surface area (Å²) in [6.45, 7) is 8.71. The maximum Gasteiger partial charge on any atom is 0.274 e. The van der Waals surface area contributed by atoms with Crippen molar-refractivity contribution in [2.75, 3.05) is 0 Å². The molecule has 2 aromatic carbocycles. The van der Waals surface area contributed by atoms with Crippen molar-refractivity contribution in [3.05, 3.63) is 78.1 Å². The molecule has 0 unspecified atom stereocenters. The molecule has 3 nitrogen and oxygen atoms in total. The number of rotatable bonds is 3. The average molecular weight is 342 g/mol. The summed E-state index contributed by atoms with van der Waals surface area (Å²) in [5, 5.41) is 0. The Bertz CT molecular complexity index is 1060. The molecule has 0 radical (unpaired) electrons. The summed E-state index contributed by atoms with van der Waals surface area (Å²) in [5.41, 5.74) is 8.04. The number of nitrogens with zero attached hydrogens (tertiary/aromatic N) is 3. The van der Waals surface area contributed by atoms with Gasteiger partial charge in [0.15, 0.2) is 5.52 Å². The summed E-state index contributed by atoms with van der Waals surface area (Å²) in [6.07, 6.45) is 2.16. The van der Waals surface area contributed by atoms with E-state index in [4.69, 9.17) is 4.98 Å². The third kappa shape index (κ3) is 2.70. The number of pyridine rings is 1. The summed E-state index contributed by atoms with van der Waals surface area (Å²) >= 11 is 0. The van der Waals surface area contributed by atoms with Crippen LogP contribution in [0, 0.1) is 13.8 Å². The quantitative estimate of drug-likeness (QED) is 0.470. The SMILES string of the molecule is Cc1cccc(C)c1-c1ccc2c(n1)n(-c1ccccc1)c[n+]2C(C)C. The van der Waals surface area contributed by atoms with E-state index in [1.54, 1.807) is 0 Å². The summed E-state index contributed by atoms with van der Waals surface area (Å²) in [6, 6.07) is 21.5. The molecule has 3 heteroatoms. The molecule has 0 atom stereocenters. The maximum atomic E-state index is 5.09. The fraction of sp³-hybridized carbons (Fsp3) is 0.217. The van der Waals surface area contributed by atoms with Crippen molar-refractivity contribution in [3.8, 4) is 16.9 Å². The maximum absolute atomic E-state index is 5.09. The minimum Gasteiger partial charge on any atom is -0.226 e. The number of fused-ring (bicyclic) bond motifs is 1. The van der Waals surface area contributed by atoms with Gasteiger partial charge in [0.05, 0.1) is 11.7 Å². The van der Waals surface area contributed by atoms with Gasteiger partial charge in [0, 0.05) is 5.56 Å². The van der Waals surface area contributed by atoms with E-state index in [9.17, 15) is 0 Å². The van der Waals surface area contributed by atoms with Crippen molar-refractivity contribution >= 4 is 11.2 Å². The second kappa shape index (κ2) is 6.41. The lowest BCUT2D eigenvalue weighted by molar-refractivity contribution is -0.691. The first-order valence-electron chi connectivity index (χ1n) is 9.11. The molecule has 4 aromatic rings. The molecule has 4 rings (SSSR count). The van der Waals surface area contributed by atoms with E-state index in [2.05, 4.69) is 97.8 Å². The number of aromatic nitrogens is 3. The Kier molecular flexibility index (Phi) is 4.08. The predicted molar refractivity (Wildman–Crippen MR) is 107 cm³/mol. The molecule has 2 heterocycles. The number of para-hydroxylation sites is 1. The van der Waals surface area contributed by atoms with Gasteiger partial charge in [0.1, 0.15) is 5.69 Å². The first kappa shape index (κ1) is 16.5. The van der Waals surface area contributed by atoms with Crippen LogP contribution in [0.4, 0.5) is 0 Å². The molecule has 0 saturated heterocycles. The summed E-state index contributed by atoms with van der Waals surface area (Å²) in [7, 11) is 0. The second-order valence-corrected chi connectivity index (χ2v) is 7.13. The van der Waals surface area contributed by atoms with Crippen LogP contribution in [0.15, 0.2) is 67.0 Å². The van der Waals surface area contributed by atoms with E-state index in [1.807, 2.05) is 6.07 Å². The molecule has 0 spiro atoms. The molecular formula is C23H24N3+. The van der Waals surface area contributed by atoms with Crippen molar-refractivity contribution in [1.29, 1.82) is 0 Å². The minimum atomic E-state index is 0.371. The van der Waals surface area contributed by atoms with Gasteiger partial charge in [-0.15, -0.1) is 0 Å². The lowest BCUT2D eigenvalue weighted by Crippen LogP contribution is -2.34. The van der Waals surface area contributed by atoms with Gasteiger partial charge in [-0.05, 0) is 63.1 Å². The molecule has 130 valence electrons. The van der Waals surface area contributed by atoms with Gasteiger partial charge in [-0.2, -0.15) is 4.57 Å². The second-order valence-electron chi connectivity index (χ2n) is 7.13. The summed E-state index contributed by atoms with van der Waals surface area (Å²) in [5.74, 6) is 0. The van der Waals surface area contributed by atoms with E-state index in [0.29, 0.717) is 6.04 Å². The van der Waals surface area contributed by atoms with Gasteiger partial charge in [-0.3, -0.25) is 0 Å². The van der Waals surface area contributed by atoms with Gasteiger partial charge in [-0.1, -0.05) is 36.4 Å². The van der Waals surface area contributed by atoms with Crippen molar-refractivity contribution < 1.29 is 4.57 Å². The van der Waals surface area contributed by atoms with Crippen LogP contribution in [0.1, 0.15) is 31.0 Å². The fourth-order valence-corrected chi connectivity index (χ4v) is 3.61. The lowest BCUT2D eigenvalue weighted by Gasteiger charge is -2.09. The fourth-order valence-electron chi connectivity index (χ4n) is 3.61. The highest BCUT2D eigenvalue weighted by molar-refractivity contribution is 5.76. The zero-order valence-corrected chi connectivity index (χ0v) is 15.8. The lowest BCUT2D eigenvalue weighted by atomic mass is 9.99. The third-order valence-corrected chi connectivity index (χ3v) is 4.93. The number of aryl methyl sites for hydroxylation is 2. The summed E-state index contributed by atoms with van der Waals surface area (Å²) in [4.78, 5) is 5.09. The average Bonchev–Trinajstić information content (AvgIpc) is 3.01. The van der Waals surface area contributed by atoms with Crippen molar-refractivity contribution in [2.45, 2.75) is 33.7 Å². The Hall–Kier alpha value is -2.94. The number of imidazole rings is 1. The Morgan fingerprint density at radius 3 is 2.19 bits per heavy atom. The molecule has 0 fully saturated rings. The molecule has 0 aliphatic heterocycles. The molecule has 0 aliphatic carbocycles. The largest absolute Gasteiger partial charge is 0.274 e. The number of benzene rings is 2. The van der Waals surface area contributed by atoms with Crippen molar-refractivity contribution in [3.63, 3.8) is 0 Å². The van der Waals surface area contributed by atoms with Crippen LogP contribution < -0.4 is 4.57 Å². The first-order chi connectivity index (χ1) is 12.6. The van der Waals surface area contributed by atoms with Crippen LogP contribution in [-0.2, 0) is 0 Å². The van der Waals surface area contributed by atoms with E-state index >= 15 is 0 Å². The number of hydrogen-bond donors (Lipinski definition) is 0. The highest BCUT2D eigenvalue weighted by Gasteiger charge is 2.22. The Balaban J connectivity index is 2.01. The molecule has 0 saturated carbocycles. The molecule has 0 aliphatic rings. The minimum absolute atomic E-state index is 0.371. The third-order valence-electron chi connectivity index (χ3n) is 4.93. The Morgan fingerprint density at radius 1 is 0.846 bits per heavy atom. The van der Waals surface area contributed by atoms with Crippen LogP contribution in [0.25, 0.3) is 28.1 Å². The molecular weight excluding hydrogens is 318 g/mol. The Labute approximate surface area is 154 Å². The summed E-state index contributed by atoms with van der Waals surface area (Å²) < 4.78 is 4.47. The van der Waals surface area contributed by atoms with Gasteiger partial charge in [0.2, 0.25) is 0 Å². The smallest absolute Gasteiger partial charge is 0.226 e. The zero-order chi connectivity index (χ0) is 18.3. The topological polar surface area (TPSA) is 21.7 Å². The van der Waals surface area contributed by atoms with Crippen molar-refractivity contribution in [2.24, 2.45) is 0 Å².